The number of hydrogen-bond donors (Lipinski definition) is 0. The van der Waals surface area contributed by atoms with Gasteiger partial charge < -0.3 is 4.74 Å². The lowest BCUT2D eigenvalue weighted by atomic mass is 10.1. The molecule has 0 N–H and O–H groups in total. The van der Waals surface area contributed by atoms with Gasteiger partial charge in [-0.25, -0.2) is 8.42 Å². The van der Waals surface area contributed by atoms with Crippen molar-refractivity contribution in [1.29, 1.82) is 0 Å². The molecule has 1 aliphatic heterocycles. The van der Waals surface area contributed by atoms with Crippen molar-refractivity contribution in [2.24, 2.45) is 0 Å². The molecule has 0 saturated carbocycles. The first-order valence-electron chi connectivity index (χ1n) is 5.68. The third kappa shape index (κ3) is 2.66. The molecule has 18 heavy (non-hydrogen) atoms. The first-order chi connectivity index (χ1) is 8.55. The van der Waals surface area contributed by atoms with E-state index >= 15 is 0 Å². The lowest BCUT2D eigenvalue weighted by Crippen LogP contribution is -2.40. The Morgan fingerprint density at radius 1 is 1.44 bits per heavy atom. The van der Waals surface area contributed by atoms with Crippen molar-refractivity contribution >= 4 is 21.6 Å². The fourth-order valence-corrected chi connectivity index (χ4v) is 3.88. The molecule has 2 heterocycles. The first kappa shape index (κ1) is 13.7. The van der Waals surface area contributed by atoms with Crippen molar-refractivity contribution in [1.82, 2.24) is 9.29 Å². The Morgan fingerprint density at radius 2 is 2.11 bits per heavy atom. The van der Waals surface area contributed by atoms with E-state index in [2.05, 4.69) is 4.98 Å². The number of halogens is 1. The van der Waals surface area contributed by atoms with Crippen LogP contribution in [0.2, 0.25) is 5.02 Å². The molecule has 7 heteroatoms. The molecule has 1 fully saturated rings. The van der Waals surface area contributed by atoms with Crippen molar-refractivity contribution in [2.45, 2.75) is 23.8 Å². The minimum Gasteiger partial charge on any atom is -0.381 e. The van der Waals surface area contributed by atoms with Crippen molar-refractivity contribution in [3.05, 3.63) is 23.5 Å². The summed E-state index contributed by atoms with van der Waals surface area (Å²) in [5, 5.41) is 0.207. The topological polar surface area (TPSA) is 59.5 Å². The highest BCUT2D eigenvalue weighted by atomic mass is 35.5. The van der Waals surface area contributed by atoms with E-state index < -0.39 is 10.0 Å². The van der Waals surface area contributed by atoms with Crippen molar-refractivity contribution < 1.29 is 13.2 Å². The normalized spacial score (nSPS) is 19.0. The molecule has 0 bridgehead atoms. The molecule has 0 spiro atoms. The molecule has 1 aliphatic rings. The highest BCUT2D eigenvalue weighted by molar-refractivity contribution is 7.89. The first-order valence-corrected chi connectivity index (χ1v) is 7.50. The molecule has 0 unspecified atom stereocenters. The Morgan fingerprint density at radius 3 is 2.67 bits per heavy atom. The molecule has 1 aromatic rings. The third-order valence-electron chi connectivity index (χ3n) is 3.09. The number of methoxy groups -OCH3 is 1. The number of pyridine rings is 1. The van der Waals surface area contributed by atoms with Crippen molar-refractivity contribution in [2.75, 3.05) is 20.2 Å². The van der Waals surface area contributed by atoms with Gasteiger partial charge in [0.1, 0.15) is 4.90 Å². The van der Waals surface area contributed by atoms with E-state index in [4.69, 9.17) is 16.3 Å². The Bertz CT molecular complexity index is 513. The van der Waals surface area contributed by atoms with Gasteiger partial charge in [-0.05, 0) is 18.9 Å². The molecule has 2 rings (SSSR count). The SMILES string of the molecule is COC1CCN(S(=O)(=O)c2cnccc2Cl)CC1. The maximum Gasteiger partial charge on any atom is 0.246 e. The summed E-state index contributed by atoms with van der Waals surface area (Å²) in [4.78, 5) is 3.89. The number of rotatable bonds is 3. The van der Waals surface area contributed by atoms with Gasteiger partial charge in [-0.15, -0.1) is 0 Å². The lowest BCUT2D eigenvalue weighted by Gasteiger charge is -2.30. The number of ether oxygens (including phenoxy) is 1. The van der Waals surface area contributed by atoms with E-state index in [0.717, 1.165) is 0 Å². The summed E-state index contributed by atoms with van der Waals surface area (Å²) in [6.45, 7) is 0.901. The van der Waals surface area contributed by atoms with Gasteiger partial charge in [0.15, 0.2) is 0 Å². The smallest absolute Gasteiger partial charge is 0.246 e. The summed E-state index contributed by atoms with van der Waals surface area (Å²) in [5.41, 5.74) is 0. The van der Waals surface area contributed by atoms with Crippen LogP contribution in [0.5, 0.6) is 0 Å². The Hall–Kier alpha value is -0.690. The number of nitrogens with zero attached hydrogens (tertiary/aromatic N) is 2. The van der Waals surface area contributed by atoms with Crippen LogP contribution < -0.4 is 0 Å². The van der Waals surface area contributed by atoms with E-state index in [1.54, 1.807) is 7.11 Å². The second-order valence-electron chi connectivity index (χ2n) is 4.15. The summed E-state index contributed by atoms with van der Waals surface area (Å²) in [5.74, 6) is 0. The summed E-state index contributed by atoms with van der Waals surface area (Å²) in [6.07, 6.45) is 4.31. The maximum absolute atomic E-state index is 12.4. The molecule has 0 radical (unpaired) electrons. The summed E-state index contributed by atoms with van der Waals surface area (Å²) in [7, 11) is -1.90. The minimum absolute atomic E-state index is 0.0718. The largest absolute Gasteiger partial charge is 0.381 e. The molecule has 5 nitrogen and oxygen atoms in total. The molecule has 1 aromatic heterocycles. The Balaban J connectivity index is 2.20. The van der Waals surface area contributed by atoms with Gasteiger partial charge >= 0.3 is 0 Å². The molecule has 0 aliphatic carbocycles. The van der Waals surface area contributed by atoms with Crippen LogP contribution in [0.1, 0.15) is 12.8 Å². The van der Waals surface area contributed by atoms with Gasteiger partial charge in [0.25, 0.3) is 0 Å². The highest BCUT2D eigenvalue weighted by Crippen LogP contribution is 2.26. The Kier molecular flexibility index (Phi) is 4.21. The summed E-state index contributed by atoms with van der Waals surface area (Å²) < 4.78 is 31.4. The average molecular weight is 291 g/mol. The van der Waals surface area contributed by atoms with Gasteiger partial charge in [0.05, 0.1) is 11.1 Å². The zero-order valence-electron chi connectivity index (χ0n) is 10.0. The zero-order valence-corrected chi connectivity index (χ0v) is 11.6. The average Bonchev–Trinajstić information content (AvgIpc) is 2.39. The number of piperidine rings is 1. The molecule has 0 atom stereocenters. The molecule has 100 valence electrons. The van der Waals surface area contributed by atoms with E-state index in [9.17, 15) is 8.42 Å². The third-order valence-corrected chi connectivity index (χ3v) is 5.45. The van der Waals surface area contributed by atoms with E-state index in [1.807, 2.05) is 0 Å². The van der Waals surface area contributed by atoms with Crippen LogP contribution in [0.3, 0.4) is 0 Å². The number of sulfonamides is 1. The number of aromatic nitrogens is 1. The van der Waals surface area contributed by atoms with Crippen LogP contribution in [0.15, 0.2) is 23.4 Å². The minimum atomic E-state index is -3.54. The van der Waals surface area contributed by atoms with Crippen LogP contribution in [0.25, 0.3) is 0 Å². The quantitative estimate of drug-likeness (QED) is 0.847. The highest BCUT2D eigenvalue weighted by Gasteiger charge is 2.30. The molecular weight excluding hydrogens is 276 g/mol. The van der Waals surface area contributed by atoms with Crippen LogP contribution >= 0.6 is 11.6 Å². The molecular formula is C11H15ClN2O3S. The van der Waals surface area contributed by atoms with Gasteiger partial charge in [-0.2, -0.15) is 4.31 Å². The van der Waals surface area contributed by atoms with Gasteiger partial charge in [0, 0.05) is 32.6 Å². The fraction of sp³-hybridized carbons (Fsp3) is 0.545. The van der Waals surface area contributed by atoms with E-state index in [0.29, 0.717) is 25.9 Å². The maximum atomic E-state index is 12.4. The summed E-state index contributed by atoms with van der Waals surface area (Å²) >= 11 is 5.91. The van der Waals surface area contributed by atoms with Crippen LogP contribution in [-0.4, -0.2) is 44.0 Å². The Labute approximate surface area is 112 Å². The van der Waals surface area contributed by atoms with Crippen LogP contribution in [-0.2, 0) is 14.8 Å². The predicted octanol–water partition coefficient (Wildman–Crippen LogP) is 1.53. The second-order valence-corrected chi connectivity index (χ2v) is 6.46. The molecule has 1 saturated heterocycles. The monoisotopic (exact) mass is 290 g/mol. The van der Waals surface area contributed by atoms with Crippen molar-refractivity contribution in [3.63, 3.8) is 0 Å². The zero-order chi connectivity index (χ0) is 13.2. The standard InChI is InChI=1S/C11H15ClN2O3S/c1-17-9-3-6-14(7-4-9)18(15,16)11-8-13-5-2-10(11)12/h2,5,8-9H,3-4,6-7H2,1H3. The second kappa shape index (κ2) is 5.52. The molecule has 0 amide bonds. The van der Waals surface area contributed by atoms with Gasteiger partial charge in [-0.3, -0.25) is 4.98 Å². The number of hydrogen-bond acceptors (Lipinski definition) is 4. The fourth-order valence-electron chi connectivity index (χ4n) is 2.00. The molecule has 0 aromatic carbocycles. The lowest BCUT2D eigenvalue weighted by molar-refractivity contribution is 0.0604. The summed E-state index contributed by atoms with van der Waals surface area (Å²) in [6, 6.07) is 1.48. The van der Waals surface area contributed by atoms with E-state index in [1.165, 1.54) is 22.8 Å². The van der Waals surface area contributed by atoms with Crippen molar-refractivity contribution in [3.8, 4) is 0 Å². The predicted molar refractivity (Wildman–Crippen MR) is 68.0 cm³/mol. The van der Waals surface area contributed by atoms with Gasteiger partial charge in [0.2, 0.25) is 10.0 Å². The van der Waals surface area contributed by atoms with Gasteiger partial charge in [-0.1, -0.05) is 11.6 Å². The van der Waals surface area contributed by atoms with Crippen LogP contribution in [0.4, 0.5) is 0 Å². The van der Waals surface area contributed by atoms with Crippen LogP contribution in [0, 0.1) is 0 Å². The van der Waals surface area contributed by atoms with E-state index in [-0.39, 0.29) is 16.0 Å².